The van der Waals surface area contributed by atoms with Gasteiger partial charge in [-0.3, -0.25) is 0 Å². The minimum Gasteiger partial charge on any atom is -0.386 e. The van der Waals surface area contributed by atoms with Crippen molar-refractivity contribution < 1.29 is 0 Å². The molecule has 1 rings (SSSR count). The van der Waals surface area contributed by atoms with Crippen LogP contribution in [0.3, 0.4) is 0 Å². The summed E-state index contributed by atoms with van der Waals surface area (Å²) in [6.07, 6.45) is 5.95. The third-order valence-corrected chi connectivity index (χ3v) is 2.02. The van der Waals surface area contributed by atoms with Crippen LogP contribution in [-0.2, 0) is 0 Å². The van der Waals surface area contributed by atoms with E-state index in [0.29, 0.717) is 0 Å². The third kappa shape index (κ3) is 1.66. The highest BCUT2D eigenvalue weighted by atomic mass is 15.2. The Morgan fingerprint density at radius 2 is 1.90 bits per heavy atom. The topological polar surface area (TPSA) is 29.3 Å². The fourth-order valence-corrected chi connectivity index (χ4v) is 1.33. The first-order valence-electron chi connectivity index (χ1n) is 4.01. The Balaban J connectivity index is 2.39. The minimum atomic E-state index is 0.944. The smallest absolute Gasteiger partial charge is 0.0942 e. The van der Waals surface area contributed by atoms with Crippen molar-refractivity contribution in [2.24, 2.45) is 5.73 Å². The Morgan fingerprint density at radius 1 is 1.30 bits per heavy atom. The van der Waals surface area contributed by atoms with Gasteiger partial charge in [0, 0.05) is 13.1 Å². The maximum atomic E-state index is 5.73. The van der Waals surface area contributed by atoms with Gasteiger partial charge in [0.2, 0.25) is 0 Å². The van der Waals surface area contributed by atoms with Crippen molar-refractivity contribution in [2.75, 3.05) is 13.1 Å². The average Bonchev–Trinajstić information content (AvgIpc) is 2.05. The van der Waals surface area contributed by atoms with Crippen molar-refractivity contribution in [1.29, 1.82) is 0 Å². The summed E-state index contributed by atoms with van der Waals surface area (Å²) in [5, 5.41) is 0. The van der Waals surface area contributed by atoms with Crippen molar-refractivity contribution in [3.63, 3.8) is 0 Å². The van der Waals surface area contributed by atoms with E-state index in [-0.39, 0.29) is 0 Å². The van der Waals surface area contributed by atoms with Gasteiger partial charge in [0.25, 0.3) is 0 Å². The number of nitrogens with zero attached hydrogens (tertiary/aromatic N) is 1. The Kier molecular flexibility index (Phi) is 2.60. The summed E-state index contributed by atoms with van der Waals surface area (Å²) < 4.78 is 0. The van der Waals surface area contributed by atoms with Gasteiger partial charge in [0.05, 0.1) is 5.82 Å². The number of likely N-dealkylation sites (tertiary alicyclic amines) is 1. The highest BCUT2D eigenvalue weighted by Gasteiger charge is 2.08. The van der Waals surface area contributed by atoms with Crippen LogP contribution in [0.15, 0.2) is 11.9 Å². The molecule has 0 amide bonds. The van der Waals surface area contributed by atoms with E-state index in [9.17, 15) is 0 Å². The summed E-state index contributed by atoms with van der Waals surface area (Å²) in [6.45, 7) is 4.29. The van der Waals surface area contributed by atoms with Gasteiger partial charge in [0.15, 0.2) is 0 Å². The minimum absolute atomic E-state index is 0.944. The maximum absolute atomic E-state index is 5.73. The highest BCUT2D eigenvalue weighted by Crippen LogP contribution is 2.10. The molecule has 1 aliphatic rings. The predicted octanol–water partition coefficient (Wildman–Crippen LogP) is 1.29. The molecule has 1 aliphatic heterocycles. The summed E-state index contributed by atoms with van der Waals surface area (Å²) in [7, 11) is 0. The standard InChI is InChI=1S/C8H16N2/c1-2-8(9)10-6-4-3-5-7-10/h2H,3-7,9H2,1H3. The van der Waals surface area contributed by atoms with Crippen LogP contribution in [-0.4, -0.2) is 18.0 Å². The molecule has 10 heavy (non-hydrogen) atoms. The monoisotopic (exact) mass is 140 g/mol. The molecule has 0 atom stereocenters. The van der Waals surface area contributed by atoms with Gasteiger partial charge < -0.3 is 10.6 Å². The lowest BCUT2D eigenvalue weighted by atomic mass is 10.1. The predicted molar refractivity (Wildman–Crippen MR) is 43.4 cm³/mol. The molecule has 0 aromatic rings. The zero-order valence-electron chi connectivity index (χ0n) is 6.64. The molecule has 1 heterocycles. The van der Waals surface area contributed by atoms with E-state index < -0.39 is 0 Å². The molecular weight excluding hydrogens is 124 g/mol. The Bertz CT molecular complexity index is 123. The molecule has 0 radical (unpaired) electrons. The van der Waals surface area contributed by atoms with Gasteiger partial charge in [-0.05, 0) is 32.3 Å². The molecule has 2 nitrogen and oxygen atoms in total. The van der Waals surface area contributed by atoms with Crippen molar-refractivity contribution in [3.05, 3.63) is 11.9 Å². The van der Waals surface area contributed by atoms with E-state index in [2.05, 4.69) is 4.90 Å². The summed E-state index contributed by atoms with van der Waals surface area (Å²) >= 11 is 0. The van der Waals surface area contributed by atoms with Gasteiger partial charge in [0.1, 0.15) is 0 Å². The molecule has 1 fully saturated rings. The summed E-state index contributed by atoms with van der Waals surface area (Å²) in [6, 6.07) is 0. The van der Waals surface area contributed by atoms with Crippen LogP contribution in [0, 0.1) is 0 Å². The Hall–Kier alpha value is -0.660. The zero-order valence-corrected chi connectivity index (χ0v) is 6.64. The van der Waals surface area contributed by atoms with Gasteiger partial charge in [-0.2, -0.15) is 0 Å². The molecule has 2 N–H and O–H groups in total. The SMILES string of the molecule is CC=C(N)N1CCCCC1. The van der Waals surface area contributed by atoms with Crippen LogP contribution in [0.2, 0.25) is 0 Å². The van der Waals surface area contributed by atoms with Crippen LogP contribution in [0.5, 0.6) is 0 Å². The first-order valence-corrected chi connectivity index (χ1v) is 4.01. The molecule has 1 saturated heterocycles. The van der Waals surface area contributed by atoms with Gasteiger partial charge in [-0.25, -0.2) is 0 Å². The van der Waals surface area contributed by atoms with Gasteiger partial charge >= 0.3 is 0 Å². The van der Waals surface area contributed by atoms with E-state index in [0.717, 1.165) is 18.9 Å². The molecule has 58 valence electrons. The highest BCUT2D eigenvalue weighted by molar-refractivity contribution is 4.94. The second-order valence-corrected chi connectivity index (χ2v) is 2.76. The molecule has 2 heteroatoms. The third-order valence-electron chi connectivity index (χ3n) is 2.02. The van der Waals surface area contributed by atoms with Crippen molar-refractivity contribution in [2.45, 2.75) is 26.2 Å². The van der Waals surface area contributed by atoms with Crippen LogP contribution >= 0.6 is 0 Å². The number of piperidine rings is 1. The lowest BCUT2D eigenvalue weighted by molar-refractivity contribution is 0.282. The lowest BCUT2D eigenvalue weighted by Gasteiger charge is -2.28. The van der Waals surface area contributed by atoms with Gasteiger partial charge in [-0.1, -0.05) is 0 Å². The molecule has 0 aromatic carbocycles. The molecule has 0 unspecified atom stereocenters. The fraction of sp³-hybridized carbons (Fsp3) is 0.750. The van der Waals surface area contributed by atoms with E-state index in [1.54, 1.807) is 0 Å². The summed E-state index contributed by atoms with van der Waals surface area (Å²) in [5.74, 6) is 0.944. The number of hydrogen-bond donors (Lipinski definition) is 1. The first kappa shape index (κ1) is 7.45. The van der Waals surface area contributed by atoms with Crippen LogP contribution in [0.1, 0.15) is 26.2 Å². The van der Waals surface area contributed by atoms with E-state index >= 15 is 0 Å². The second kappa shape index (κ2) is 3.49. The number of allylic oxidation sites excluding steroid dienone is 1. The van der Waals surface area contributed by atoms with E-state index in [1.807, 2.05) is 13.0 Å². The first-order chi connectivity index (χ1) is 4.84. The average molecular weight is 140 g/mol. The number of rotatable bonds is 1. The Morgan fingerprint density at radius 3 is 2.40 bits per heavy atom. The summed E-state index contributed by atoms with van der Waals surface area (Å²) in [5.41, 5.74) is 5.73. The maximum Gasteiger partial charge on any atom is 0.0942 e. The normalized spacial score (nSPS) is 21.3. The van der Waals surface area contributed by atoms with Gasteiger partial charge in [-0.15, -0.1) is 0 Å². The number of hydrogen-bond acceptors (Lipinski definition) is 2. The van der Waals surface area contributed by atoms with E-state index in [4.69, 9.17) is 5.73 Å². The summed E-state index contributed by atoms with van der Waals surface area (Å²) in [4.78, 5) is 2.25. The molecule has 0 aromatic heterocycles. The largest absolute Gasteiger partial charge is 0.386 e. The van der Waals surface area contributed by atoms with Crippen molar-refractivity contribution in [3.8, 4) is 0 Å². The quantitative estimate of drug-likeness (QED) is 0.594. The molecular formula is C8H16N2. The fourth-order valence-electron chi connectivity index (χ4n) is 1.33. The zero-order chi connectivity index (χ0) is 7.40. The van der Waals surface area contributed by atoms with Crippen LogP contribution in [0.25, 0.3) is 0 Å². The van der Waals surface area contributed by atoms with Crippen LogP contribution in [0.4, 0.5) is 0 Å². The van der Waals surface area contributed by atoms with E-state index in [1.165, 1.54) is 19.3 Å². The van der Waals surface area contributed by atoms with Crippen LogP contribution < -0.4 is 5.73 Å². The molecule has 0 aliphatic carbocycles. The Labute approximate surface area is 62.7 Å². The van der Waals surface area contributed by atoms with Crippen molar-refractivity contribution >= 4 is 0 Å². The number of nitrogens with two attached hydrogens (primary N) is 1. The molecule has 0 spiro atoms. The van der Waals surface area contributed by atoms with Crippen molar-refractivity contribution in [1.82, 2.24) is 4.90 Å². The lowest BCUT2D eigenvalue weighted by Crippen LogP contribution is -2.32. The molecule has 0 bridgehead atoms. The second-order valence-electron chi connectivity index (χ2n) is 2.76. The molecule has 0 saturated carbocycles.